The lowest BCUT2D eigenvalue weighted by molar-refractivity contribution is -0.0669. The summed E-state index contributed by atoms with van der Waals surface area (Å²) in [4.78, 5) is 5.02. The minimum absolute atomic E-state index is 0.0377. The maximum atomic E-state index is 10.8. The first-order valence-electron chi connectivity index (χ1n) is 9.23. The number of methoxy groups -OCH3 is 1. The quantitative estimate of drug-likeness (QED) is 0.727. The second kappa shape index (κ2) is 7.17. The summed E-state index contributed by atoms with van der Waals surface area (Å²) in [7, 11) is 7.16. The van der Waals surface area contributed by atoms with E-state index in [-0.39, 0.29) is 5.41 Å². The molecule has 3 N–H and O–H groups in total. The van der Waals surface area contributed by atoms with Crippen LogP contribution >= 0.6 is 18.5 Å². The van der Waals surface area contributed by atoms with E-state index >= 15 is 0 Å². The van der Waals surface area contributed by atoms with Crippen LogP contribution in [0.5, 0.6) is 0 Å². The number of aromatic nitrogens is 1. The summed E-state index contributed by atoms with van der Waals surface area (Å²) in [6, 6.07) is 10.1. The first-order valence-corrected chi connectivity index (χ1v) is 10.4. The van der Waals surface area contributed by atoms with Gasteiger partial charge in [0, 0.05) is 29.9 Å². The lowest BCUT2D eigenvalue weighted by Crippen LogP contribution is -2.46. The molecule has 1 aromatic carbocycles. The molecule has 1 aromatic heterocycles. The fourth-order valence-electron chi connectivity index (χ4n) is 3.81. The monoisotopic (exact) mass is 404 g/mol. The Morgan fingerprint density at radius 1 is 1.22 bits per heavy atom. The van der Waals surface area contributed by atoms with Gasteiger partial charge in [0.1, 0.15) is 5.60 Å². The van der Waals surface area contributed by atoms with Crippen LogP contribution in [-0.2, 0) is 15.9 Å². The number of nitrogens with zero attached hydrogens (tertiary/aromatic N) is 1. The molecule has 2 aromatic rings. The highest BCUT2D eigenvalue weighted by Gasteiger charge is 2.58. The van der Waals surface area contributed by atoms with E-state index in [4.69, 9.17) is 15.5 Å². The molecule has 0 spiro atoms. The van der Waals surface area contributed by atoms with Gasteiger partial charge >= 0.3 is 0 Å². The van der Waals surface area contributed by atoms with E-state index in [0.29, 0.717) is 6.54 Å². The molecule has 3 unspecified atom stereocenters. The average Bonchev–Trinajstić information content (AvgIpc) is 3.36. The van der Waals surface area contributed by atoms with Crippen molar-refractivity contribution in [3.05, 3.63) is 41.6 Å². The Morgan fingerprint density at radius 2 is 1.81 bits per heavy atom. The Hall–Kier alpha value is -0.890. The fourth-order valence-corrected chi connectivity index (χ4v) is 4.68. The van der Waals surface area contributed by atoms with Crippen LogP contribution in [-0.4, -0.2) is 23.7 Å². The summed E-state index contributed by atoms with van der Waals surface area (Å²) in [5.74, 6) is 0. The van der Waals surface area contributed by atoms with Gasteiger partial charge in [-0.05, 0) is 43.6 Å². The molecule has 3 atom stereocenters. The van der Waals surface area contributed by atoms with Crippen LogP contribution < -0.4 is 16.3 Å². The van der Waals surface area contributed by atoms with E-state index in [1.807, 2.05) is 30.3 Å². The highest BCUT2D eigenvalue weighted by molar-refractivity contribution is 7.28. The molecule has 0 radical (unpaired) electrons. The van der Waals surface area contributed by atoms with Crippen LogP contribution in [0.25, 0.3) is 11.3 Å². The summed E-state index contributed by atoms with van der Waals surface area (Å²) in [5.41, 5.74) is 7.98. The van der Waals surface area contributed by atoms with Gasteiger partial charge in [-0.25, -0.2) is 4.98 Å². The summed E-state index contributed by atoms with van der Waals surface area (Å²) in [6.07, 6.45) is 2.11. The zero-order valence-electron chi connectivity index (χ0n) is 16.5. The smallest absolute Gasteiger partial charge is 0.127 e. The van der Waals surface area contributed by atoms with Crippen molar-refractivity contribution in [2.45, 2.75) is 44.8 Å². The van der Waals surface area contributed by atoms with Gasteiger partial charge in [-0.2, -0.15) is 0 Å². The van der Waals surface area contributed by atoms with Crippen molar-refractivity contribution in [3.63, 3.8) is 0 Å². The van der Waals surface area contributed by atoms with E-state index in [1.54, 1.807) is 21.0 Å². The van der Waals surface area contributed by atoms with Gasteiger partial charge in [-0.15, -0.1) is 18.5 Å². The lowest BCUT2D eigenvalue weighted by atomic mass is 9.80. The Kier molecular flexibility index (Phi) is 5.53. The van der Waals surface area contributed by atoms with Crippen molar-refractivity contribution in [1.82, 2.24) is 4.98 Å². The highest BCUT2D eigenvalue weighted by Crippen LogP contribution is 2.59. The van der Waals surface area contributed by atoms with E-state index in [0.717, 1.165) is 46.0 Å². The van der Waals surface area contributed by atoms with Crippen LogP contribution in [0.1, 0.15) is 44.9 Å². The van der Waals surface area contributed by atoms with Gasteiger partial charge in [-0.3, -0.25) is 0 Å². The fraction of sp³-hybridized carbons (Fsp3) is 0.476. The molecule has 3 rings (SSSR count). The number of aliphatic hydroxyl groups is 1. The van der Waals surface area contributed by atoms with Gasteiger partial charge in [0.2, 0.25) is 0 Å². The largest absolute Gasteiger partial charge is 0.386 e. The normalized spacial score (nSPS) is 18.2. The number of hydrogen-bond donors (Lipinski definition) is 2. The summed E-state index contributed by atoms with van der Waals surface area (Å²) in [6.45, 7) is 6.14. The van der Waals surface area contributed by atoms with E-state index in [2.05, 4.69) is 25.4 Å². The lowest BCUT2D eigenvalue weighted by Gasteiger charge is -2.38. The Morgan fingerprint density at radius 3 is 2.26 bits per heavy atom. The van der Waals surface area contributed by atoms with E-state index < -0.39 is 11.2 Å². The zero-order valence-corrected chi connectivity index (χ0v) is 18.9. The maximum absolute atomic E-state index is 10.8. The first-order chi connectivity index (χ1) is 12.6. The van der Waals surface area contributed by atoms with Crippen LogP contribution in [0.4, 0.5) is 0 Å². The number of rotatable bonds is 6. The van der Waals surface area contributed by atoms with Crippen LogP contribution in [0.2, 0.25) is 0 Å². The standard InChI is InChI=1S/C21H30N2O2P2/c1-19(2,24)15-11-16(21(12-22,25-4)20(3)9-10-20)23-17(18(15)27)13-5-7-14(26)8-6-13/h5-8,11,24H,9-10,12,22,26-27H2,1-4H3. The van der Waals surface area contributed by atoms with Crippen LogP contribution in [0, 0.1) is 5.41 Å². The predicted molar refractivity (Wildman–Crippen MR) is 119 cm³/mol. The average molecular weight is 404 g/mol. The molecule has 0 saturated heterocycles. The molecule has 0 bridgehead atoms. The summed E-state index contributed by atoms with van der Waals surface area (Å²) in [5, 5.41) is 12.8. The second-order valence-electron chi connectivity index (χ2n) is 8.29. The van der Waals surface area contributed by atoms with Gasteiger partial charge in [0.15, 0.2) is 0 Å². The molecule has 6 heteroatoms. The minimum atomic E-state index is -1.01. The number of ether oxygens (including phenoxy) is 1. The Bertz CT molecular complexity index is 836. The van der Waals surface area contributed by atoms with Crippen molar-refractivity contribution in [2.75, 3.05) is 13.7 Å². The number of hydrogen-bond acceptors (Lipinski definition) is 4. The third-order valence-electron chi connectivity index (χ3n) is 5.93. The summed E-state index contributed by atoms with van der Waals surface area (Å²) < 4.78 is 6.04. The van der Waals surface area contributed by atoms with Gasteiger partial charge in [0.05, 0.1) is 17.0 Å². The molecule has 27 heavy (non-hydrogen) atoms. The molecule has 1 saturated carbocycles. The minimum Gasteiger partial charge on any atom is -0.386 e. The van der Waals surface area contributed by atoms with E-state index in [9.17, 15) is 5.11 Å². The second-order valence-corrected chi connectivity index (χ2v) is 9.54. The molecule has 1 aliphatic rings. The Labute approximate surface area is 166 Å². The molecule has 0 amide bonds. The molecule has 1 heterocycles. The highest BCUT2D eigenvalue weighted by atomic mass is 31.0. The van der Waals surface area contributed by atoms with Crippen molar-refractivity contribution in [1.29, 1.82) is 0 Å². The third-order valence-corrected chi connectivity index (χ3v) is 6.90. The van der Waals surface area contributed by atoms with Gasteiger partial charge < -0.3 is 15.6 Å². The zero-order chi connectivity index (χ0) is 20.0. The molecular formula is C21H30N2O2P2. The van der Waals surface area contributed by atoms with Crippen LogP contribution in [0.3, 0.4) is 0 Å². The summed E-state index contributed by atoms with van der Waals surface area (Å²) >= 11 is 0. The topological polar surface area (TPSA) is 68.4 Å². The number of benzene rings is 1. The SMILES string of the molecule is COC(CN)(c1cc(C(C)(C)O)c(P)c(-c2ccc(P)cc2)n1)C1(C)CC1. The molecule has 4 nitrogen and oxygen atoms in total. The van der Waals surface area contributed by atoms with Gasteiger partial charge in [0.25, 0.3) is 0 Å². The predicted octanol–water partition coefficient (Wildman–Crippen LogP) is 2.58. The number of pyridine rings is 1. The third kappa shape index (κ3) is 3.59. The van der Waals surface area contributed by atoms with E-state index in [1.165, 1.54) is 0 Å². The molecule has 0 aliphatic heterocycles. The van der Waals surface area contributed by atoms with Crippen molar-refractivity contribution < 1.29 is 9.84 Å². The number of nitrogens with two attached hydrogens (primary N) is 1. The van der Waals surface area contributed by atoms with Crippen molar-refractivity contribution >= 4 is 29.1 Å². The van der Waals surface area contributed by atoms with Gasteiger partial charge in [-0.1, -0.05) is 31.2 Å². The van der Waals surface area contributed by atoms with Crippen molar-refractivity contribution in [3.8, 4) is 11.3 Å². The van der Waals surface area contributed by atoms with Crippen molar-refractivity contribution in [2.24, 2.45) is 11.1 Å². The Balaban J connectivity index is 2.29. The van der Waals surface area contributed by atoms with Crippen LogP contribution in [0.15, 0.2) is 30.3 Å². The molecule has 1 aliphatic carbocycles. The maximum Gasteiger partial charge on any atom is 0.127 e. The molecule has 146 valence electrons. The first kappa shape index (κ1) is 20.8. The molecular weight excluding hydrogens is 374 g/mol. The molecule has 1 fully saturated rings.